The van der Waals surface area contributed by atoms with Crippen LogP contribution in [0.2, 0.25) is 0 Å². The maximum absolute atomic E-state index is 12.2. The summed E-state index contributed by atoms with van der Waals surface area (Å²) in [4.78, 5) is 37.7. The van der Waals surface area contributed by atoms with Gasteiger partial charge in [-0.1, -0.05) is 0 Å². The molecule has 6 heteroatoms. The minimum atomic E-state index is -0.600. The SMILES string of the molecule is O=[C]N[C@H]1CCCCN(C(=O)N2CCCC2)C1=O. The normalized spacial score (nSPS) is 24.9. The van der Waals surface area contributed by atoms with Crippen molar-refractivity contribution >= 4 is 18.3 Å². The molecule has 2 aliphatic rings. The van der Waals surface area contributed by atoms with Gasteiger partial charge in [0.05, 0.1) is 0 Å². The molecule has 0 unspecified atom stereocenters. The molecule has 4 amide bonds. The van der Waals surface area contributed by atoms with Crippen molar-refractivity contribution in [3.63, 3.8) is 0 Å². The Hall–Kier alpha value is -1.59. The van der Waals surface area contributed by atoms with Gasteiger partial charge in [-0.15, -0.1) is 0 Å². The lowest BCUT2D eigenvalue weighted by atomic mass is 10.1. The average molecular weight is 252 g/mol. The molecule has 0 aliphatic carbocycles. The quantitative estimate of drug-likeness (QED) is 0.716. The van der Waals surface area contributed by atoms with E-state index in [2.05, 4.69) is 5.32 Å². The molecular formula is C12H18N3O3. The Kier molecular flexibility index (Phi) is 4.17. The summed E-state index contributed by atoms with van der Waals surface area (Å²) < 4.78 is 0. The lowest BCUT2D eigenvalue weighted by molar-refractivity contribution is -0.130. The fraction of sp³-hybridized carbons (Fsp3) is 0.750. The Balaban J connectivity index is 2.06. The van der Waals surface area contributed by atoms with Crippen LogP contribution in [-0.2, 0) is 9.59 Å². The number of carbonyl (C=O) groups excluding carboxylic acids is 3. The van der Waals surface area contributed by atoms with Crippen LogP contribution in [0, 0.1) is 0 Å². The van der Waals surface area contributed by atoms with Gasteiger partial charge in [0.25, 0.3) is 5.91 Å². The van der Waals surface area contributed by atoms with Crippen LogP contribution in [-0.4, -0.2) is 53.8 Å². The maximum Gasteiger partial charge on any atom is 0.326 e. The van der Waals surface area contributed by atoms with Gasteiger partial charge in [-0.05, 0) is 32.1 Å². The van der Waals surface area contributed by atoms with E-state index in [1.165, 1.54) is 4.90 Å². The lowest BCUT2D eigenvalue weighted by Crippen LogP contribution is -2.51. The van der Waals surface area contributed by atoms with Gasteiger partial charge in [-0.25, -0.2) is 4.79 Å². The number of amides is 4. The van der Waals surface area contributed by atoms with Crippen molar-refractivity contribution in [3.8, 4) is 0 Å². The van der Waals surface area contributed by atoms with E-state index in [9.17, 15) is 14.4 Å². The first-order chi connectivity index (χ1) is 8.74. The van der Waals surface area contributed by atoms with E-state index in [1.54, 1.807) is 11.3 Å². The molecule has 6 nitrogen and oxygen atoms in total. The number of nitrogens with one attached hydrogen (secondary N) is 1. The molecule has 99 valence electrons. The van der Waals surface area contributed by atoms with Gasteiger partial charge in [0.1, 0.15) is 6.04 Å². The summed E-state index contributed by atoms with van der Waals surface area (Å²) in [6, 6.07) is -0.811. The zero-order valence-electron chi connectivity index (χ0n) is 10.4. The molecule has 0 aromatic rings. The highest BCUT2D eigenvalue weighted by molar-refractivity contribution is 5.98. The minimum absolute atomic E-state index is 0.211. The monoisotopic (exact) mass is 252 g/mol. The van der Waals surface area contributed by atoms with Crippen molar-refractivity contribution < 1.29 is 14.4 Å². The molecule has 1 atom stereocenters. The van der Waals surface area contributed by atoms with Gasteiger partial charge in [0, 0.05) is 19.6 Å². The molecule has 1 radical (unpaired) electrons. The third kappa shape index (κ3) is 2.63. The van der Waals surface area contributed by atoms with Gasteiger partial charge in [0.2, 0.25) is 0 Å². The van der Waals surface area contributed by atoms with Crippen LogP contribution >= 0.6 is 0 Å². The zero-order chi connectivity index (χ0) is 13.0. The van der Waals surface area contributed by atoms with E-state index in [0.717, 1.165) is 38.8 Å². The van der Waals surface area contributed by atoms with Gasteiger partial charge in [-0.2, -0.15) is 0 Å². The standard InChI is InChI=1S/C12H18N3O3/c16-9-13-10-5-1-2-8-15(11(10)17)12(18)14-6-3-4-7-14/h10H,1-8H2,(H,13,16)/t10-/m0/s1. The van der Waals surface area contributed by atoms with Crippen LogP contribution in [0.15, 0.2) is 0 Å². The maximum atomic E-state index is 12.2. The summed E-state index contributed by atoms with van der Waals surface area (Å²) >= 11 is 0. The second-order valence-electron chi connectivity index (χ2n) is 4.76. The zero-order valence-corrected chi connectivity index (χ0v) is 10.4. The van der Waals surface area contributed by atoms with E-state index in [4.69, 9.17) is 0 Å². The number of rotatable bonds is 2. The molecular weight excluding hydrogens is 234 g/mol. The topological polar surface area (TPSA) is 69.7 Å². The summed E-state index contributed by atoms with van der Waals surface area (Å²) in [5, 5.41) is 2.38. The molecule has 2 heterocycles. The Labute approximate surface area is 106 Å². The molecule has 2 rings (SSSR count). The van der Waals surface area contributed by atoms with Gasteiger partial charge >= 0.3 is 12.4 Å². The van der Waals surface area contributed by atoms with Crippen molar-refractivity contribution in [2.24, 2.45) is 0 Å². The van der Waals surface area contributed by atoms with E-state index >= 15 is 0 Å². The number of hydrogen-bond donors (Lipinski definition) is 1. The lowest BCUT2D eigenvalue weighted by Gasteiger charge is -2.27. The number of hydrogen-bond acceptors (Lipinski definition) is 3. The molecule has 18 heavy (non-hydrogen) atoms. The number of imide groups is 1. The first-order valence-corrected chi connectivity index (χ1v) is 6.47. The van der Waals surface area contributed by atoms with Crippen LogP contribution in [0.1, 0.15) is 32.1 Å². The number of carbonyl (C=O) groups is 2. The second kappa shape index (κ2) is 5.84. The minimum Gasteiger partial charge on any atom is -0.336 e. The summed E-state index contributed by atoms with van der Waals surface area (Å²) in [5.74, 6) is -0.298. The van der Waals surface area contributed by atoms with Gasteiger partial charge in [-0.3, -0.25) is 14.5 Å². The van der Waals surface area contributed by atoms with Crippen LogP contribution < -0.4 is 5.32 Å². The molecule has 2 fully saturated rings. The second-order valence-corrected chi connectivity index (χ2v) is 4.76. The third-order valence-electron chi connectivity index (χ3n) is 3.53. The van der Waals surface area contributed by atoms with Crippen LogP contribution in [0.3, 0.4) is 0 Å². The third-order valence-corrected chi connectivity index (χ3v) is 3.53. The molecule has 2 aliphatic heterocycles. The fourth-order valence-corrected chi connectivity index (χ4v) is 2.51. The molecule has 0 saturated carbocycles. The number of nitrogens with zero attached hydrogens (tertiary/aromatic N) is 2. The highest BCUT2D eigenvalue weighted by atomic mass is 16.2. The molecule has 1 N–H and O–H groups in total. The largest absolute Gasteiger partial charge is 0.336 e. The summed E-state index contributed by atoms with van der Waals surface area (Å²) in [6.07, 6.45) is 5.75. The number of likely N-dealkylation sites (tertiary alicyclic amines) is 2. The molecule has 0 spiro atoms. The summed E-state index contributed by atoms with van der Waals surface area (Å²) in [7, 11) is 0. The van der Waals surface area contributed by atoms with E-state index in [-0.39, 0.29) is 11.9 Å². The fourth-order valence-electron chi connectivity index (χ4n) is 2.51. The predicted molar refractivity (Wildman–Crippen MR) is 64.4 cm³/mol. The van der Waals surface area contributed by atoms with Gasteiger partial charge in [0.15, 0.2) is 0 Å². The van der Waals surface area contributed by atoms with Crippen LogP contribution in [0.5, 0.6) is 0 Å². The first kappa shape index (κ1) is 12.9. The summed E-state index contributed by atoms with van der Waals surface area (Å²) in [6.45, 7) is 1.90. The predicted octanol–water partition coefficient (Wildman–Crippen LogP) is 0.240. The highest BCUT2D eigenvalue weighted by Crippen LogP contribution is 2.16. The van der Waals surface area contributed by atoms with Crippen molar-refractivity contribution in [1.82, 2.24) is 15.1 Å². The van der Waals surface area contributed by atoms with Crippen molar-refractivity contribution in [1.29, 1.82) is 0 Å². The molecule has 0 aromatic heterocycles. The summed E-state index contributed by atoms with van der Waals surface area (Å²) in [5.41, 5.74) is 0. The first-order valence-electron chi connectivity index (χ1n) is 6.47. The number of urea groups is 1. The Morgan fingerprint density at radius 3 is 2.50 bits per heavy atom. The van der Waals surface area contributed by atoms with E-state index in [1.807, 2.05) is 0 Å². The smallest absolute Gasteiger partial charge is 0.326 e. The van der Waals surface area contributed by atoms with Crippen LogP contribution in [0.25, 0.3) is 0 Å². The van der Waals surface area contributed by atoms with Gasteiger partial charge < -0.3 is 10.2 Å². The van der Waals surface area contributed by atoms with E-state index in [0.29, 0.717) is 13.0 Å². The Morgan fingerprint density at radius 1 is 1.17 bits per heavy atom. The Morgan fingerprint density at radius 2 is 1.83 bits per heavy atom. The van der Waals surface area contributed by atoms with E-state index < -0.39 is 6.04 Å². The molecule has 0 aromatic carbocycles. The van der Waals surface area contributed by atoms with Crippen molar-refractivity contribution in [2.75, 3.05) is 19.6 Å². The Bertz CT molecular complexity index is 339. The molecule has 2 saturated heterocycles. The highest BCUT2D eigenvalue weighted by Gasteiger charge is 2.33. The average Bonchev–Trinajstić information content (AvgIpc) is 2.84. The van der Waals surface area contributed by atoms with Crippen molar-refractivity contribution in [2.45, 2.75) is 38.1 Å². The van der Waals surface area contributed by atoms with Crippen molar-refractivity contribution in [3.05, 3.63) is 0 Å². The molecule has 0 bridgehead atoms. The van der Waals surface area contributed by atoms with Crippen LogP contribution in [0.4, 0.5) is 4.79 Å².